The number of thiophene rings is 1. The zero-order chi connectivity index (χ0) is 22.2. The third kappa shape index (κ3) is 3.56. The first-order valence-corrected chi connectivity index (χ1v) is 10.7. The van der Waals surface area contributed by atoms with Crippen LogP contribution < -0.4 is 25.1 Å². The summed E-state index contributed by atoms with van der Waals surface area (Å²) in [4.78, 5) is 31.3. The van der Waals surface area contributed by atoms with Crippen LogP contribution in [0.2, 0.25) is 0 Å². The largest absolute Gasteiger partial charge is 0.497 e. The molecule has 1 N–H and O–H groups in total. The van der Waals surface area contributed by atoms with E-state index in [1.54, 1.807) is 32.2 Å². The number of aryl methyl sites for hydroxylation is 1. The van der Waals surface area contributed by atoms with E-state index in [-0.39, 0.29) is 24.8 Å². The van der Waals surface area contributed by atoms with E-state index >= 15 is 0 Å². The number of rotatable bonds is 5. The monoisotopic (exact) mass is 449 g/mol. The number of nitrogens with one attached hydrogen (secondary N) is 1. The van der Waals surface area contributed by atoms with Crippen LogP contribution in [0.3, 0.4) is 0 Å². The van der Waals surface area contributed by atoms with Crippen LogP contribution in [-0.2, 0) is 11.3 Å². The fourth-order valence-corrected chi connectivity index (χ4v) is 4.60. The molecule has 5 rings (SSSR count). The van der Waals surface area contributed by atoms with Gasteiger partial charge in [-0.3, -0.25) is 14.2 Å². The maximum atomic E-state index is 13.4. The van der Waals surface area contributed by atoms with Crippen LogP contribution in [0, 0.1) is 6.92 Å². The molecule has 1 aliphatic rings. The summed E-state index contributed by atoms with van der Waals surface area (Å²) < 4.78 is 17.2. The van der Waals surface area contributed by atoms with Gasteiger partial charge in [0.2, 0.25) is 12.7 Å². The molecular weight excluding hydrogens is 430 g/mol. The summed E-state index contributed by atoms with van der Waals surface area (Å²) in [5.41, 5.74) is 1.99. The summed E-state index contributed by atoms with van der Waals surface area (Å²) >= 11 is 1.41. The third-order valence-corrected chi connectivity index (χ3v) is 6.12. The number of nitrogens with zero attached hydrogens (tertiary/aromatic N) is 2. The van der Waals surface area contributed by atoms with Crippen molar-refractivity contribution in [3.05, 3.63) is 64.0 Å². The molecule has 1 amide bonds. The highest BCUT2D eigenvalue weighted by Crippen LogP contribution is 2.34. The number of fused-ring (bicyclic) bond motifs is 2. The minimum atomic E-state index is -0.337. The molecule has 2 aromatic carbocycles. The fraction of sp³-hybridized carbons (Fsp3) is 0.174. The van der Waals surface area contributed by atoms with Crippen molar-refractivity contribution in [3.63, 3.8) is 0 Å². The number of carbonyl (C=O) groups is 1. The molecule has 0 unspecified atom stereocenters. The Kier molecular flexibility index (Phi) is 5.02. The van der Waals surface area contributed by atoms with Crippen molar-refractivity contribution in [3.8, 4) is 28.4 Å². The van der Waals surface area contributed by atoms with Gasteiger partial charge in [0.15, 0.2) is 11.5 Å². The van der Waals surface area contributed by atoms with Crippen molar-refractivity contribution in [1.82, 2.24) is 9.55 Å². The Hall–Kier alpha value is -3.85. The fourth-order valence-electron chi connectivity index (χ4n) is 3.61. The first-order chi connectivity index (χ1) is 15.5. The van der Waals surface area contributed by atoms with Crippen LogP contribution in [0.4, 0.5) is 5.69 Å². The van der Waals surface area contributed by atoms with Crippen molar-refractivity contribution in [1.29, 1.82) is 0 Å². The average Bonchev–Trinajstić information content (AvgIpc) is 3.43. The summed E-state index contributed by atoms with van der Waals surface area (Å²) in [6, 6.07) is 12.6. The van der Waals surface area contributed by atoms with Crippen LogP contribution in [0.5, 0.6) is 17.2 Å². The SMILES string of the molecule is COc1ccc(-c2csc3nc(C)n(CC(=O)Nc4ccc5c(c4)OCO5)c(=O)c23)cc1. The van der Waals surface area contributed by atoms with Gasteiger partial charge in [0, 0.05) is 22.7 Å². The average molecular weight is 449 g/mol. The van der Waals surface area contributed by atoms with Gasteiger partial charge in [0.1, 0.15) is 22.9 Å². The Morgan fingerprint density at radius 3 is 2.75 bits per heavy atom. The van der Waals surface area contributed by atoms with E-state index in [4.69, 9.17) is 14.2 Å². The number of methoxy groups -OCH3 is 1. The molecule has 1 aliphatic heterocycles. The standard InChI is InChI=1S/C23H19N3O5S/c1-13-24-22-21(17(11-32-22)14-3-6-16(29-2)7-4-14)23(28)26(13)10-20(27)25-15-5-8-18-19(9-15)31-12-30-18/h3-9,11H,10,12H2,1-2H3,(H,25,27). The normalized spacial score (nSPS) is 12.2. The van der Waals surface area contributed by atoms with Gasteiger partial charge in [-0.25, -0.2) is 4.98 Å². The van der Waals surface area contributed by atoms with E-state index in [9.17, 15) is 9.59 Å². The van der Waals surface area contributed by atoms with Crippen LogP contribution in [-0.4, -0.2) is 29.4 Å². The molecule has 0 bridgehead atoms. The molecule has 162 valence electrons. The van der Waals surface area contributed by atoms with Crippen molar-refractivity contribution >= 4 is 33.1 Å². The van der Waals surface area contributed by atoms with Crippen LogP contribution >= 0.6 is 11.3 Å². The summed E-state index contributed by atoms with van der Waals surface area (Å²) in [6.07, 6.45) is 0. The molecule has 0 fully saturated rings. The predicted molar refractivity (Wildman–Crippen MR) is 122 cm³/mol. The molecule has 8 nitrogen and oxygen atoms in total. The Morgan fingerprint density at radius 1 is 1.19 bits per heavy atom. The first-order valence-electron chi connectivity index (χ1n) is 9.86. The van der Waals surface area contributed by atoms with Gasteiger partial charge in [-0.1, -0.05) is 12.1 Å². The molecule has 0 spiro atoms. The second-order valence-electron chi connectivity index (χ2n) is 7.22. The highest BCUT2D eigenvalue weighted by molar-refractivity contribution is 7.17. The lowest BCUT2D eigenvalue weighted by atomic mass is 10.1. The number of aromatic nitrogens is 2. The van der Waals surface area contributed by atoms with E-state index in [2.05, 4.69) is 10.3 Å². The summed E-state index contributed by atoms with van der Waals surface area (Å²) in [5.74, 6) is 2.08. The molecule has 0 aliphatic carbocycles. The summed E-state index contributed by atoms with van der Waals surface area (Å²) in [7, 11) is 1.61. The van der Waals surface area contributed by atoms with E-state index in [1.807, 2.05) is 29.6 Å². The van der Waals surface area contributed by atoms with Gasteiger partial charge in [-0.05, 0) is 36.8 Å². The van der Waals surface area contributed by atoms with Crippen molar-refractivity contribution in [2.24, 2.45) is 0 Å². The lowest BCUT2D eigenvalue weighted by molar-refractivity contribution is -0.116. The Labute approximate surface area is 187 Å². The molecule has 32 heavy (non-hydrogen) atoms. The van der Waals surface area contributed by atoms with Crippen LogP contribution in [0.25, 0.3) is 21.3 Å². The highest BCUT2D eigenvalue weighted by Gasteiger charge is 2.18. The Bertz CT molecular complexity index is 1390. The first kappa shape index (κ1) is 20.1. The Morgan fingerprint density at radius 2 is 1.97 bits per heavy atom. The second-order valence-corrected chi connectivity index (χ2v) is 8.08. The number of hydrogen-bond acceptors (Lipinski definition) is 7. The summed E-state index contributed by atoms with van der Waals surface area (Å²) in [6.45, 7) is 1.73. The highest BCUT2D eigenvalue weighted by atomic mass is 32.1. The smallest absolute Gasteiger partial charge is 0.263 e. The molecule has 3 heterocycles. The Balaban J connectivity index is 1.45. The molecule has 2 aromatic heterocycles. The van der Waals surface area contributed by atoms with E-state index in [0.29, 0.717) is 33.2 Å². The topological polar surface area (TPSA) is 91.7 Å². The van der Waals surface area contributed by atoms with Crippen molar-refractivity contribution in [2.75, 3.05) is 19.2 Å². The zero-order valence-electron chi connectivity index (χ0n) is 17.4. The van der Waals surface area contributed by atoms with E-state index in [1.165, 1.54) is 15.9 Å². The van der Waals surface area contributed by atoms with Gasteiger partial charge >= 0.3 is 0 Å². The van der Waals surface area contributed by atoms with Crippen molar-refractivity contribution in [2.45, 2.75) is 13.5 Å². The van der Waals surface area contributed by atoms with Gasteiger partial charge in [-0.2, -0.15) is 0 Å². The van der Waals surface area contributed by atoms with Gasteiger partial charge in [0.05, 0.1) is 12.5 Å². The molecule has 0 saturated carbocycles. The number of hydrogen-bond donors (Lipinski definition) is 1. The number of ether oxygens (including phenoxy) is 3. The van der Waals surface area contributed by atoms with E-state index in [0.717, 1.165) is 16.9 Å². The second kappa shape index (κ2) is 8.01. The zero-order valence-corrected chi connectivity index (χ0v) is 18.2. The van der Waals surface area contributed by atoms with Crippen LogP contribution in [0.15, 0.2) is 52.6 Å². The molecular formula is C23H19N3O5S. The molecule has 0 radical (unpaired) electrons. The number of anilines is 1. The molecule has 0 atom stereocenters. The van der Waals surface area contributed by atoms with Crippen LogP contribution in [0.1, 0.15) is 5.82 Å². The molecule has 9 heteroatoms. The molecule has 4 aromatic rings. The number of carbonyl (C=O) groups excluding carboxylic acids is 1. The third-order valence-electron chi connectivity index (χ3n) is 5.24. The minimum Gasteiger partial charge on any atom is -0.497 e. The van der Waals surface area contributed by atoms with Gasteiger partial charge in [-0.15, -0.1) is 11.3 Å². The van der Waals surface area contributed by atoms with Crippen molar-refractivity contribution < 1.29 is 19.0 Å². The molecule has 0 saturated heterocycles. The maximum absolute atomic E-state index is 13.4. The predicted octanol–water partition coefficient (Wildman–Crippen LogP) is 3.81. The van der Waals surface area contributed by atoms with Gasteiger partial charge < -0.3 is 19.5 Å². The van der Waals surface area contributed by atoms with E-state index < -0.39 is 0 Å². The number of amides is 1. The maximum Gasteiger partial charge on any atom is 0.263 e. The lowest BCUT2D eigenvalue weighted by Gasteiger charge is -2.11. The minimum absolute atomic E-state index is 0.153. The quantitative estimate of drug-likeness (QED) is 0.498. The lowest BCUT2D eigenvalue weighted by Crippen LogP contribution is -2.30. The summed E-state index contributed by atoms with van der Waals surface area (Å²) in [5, 5.41) is 5.22. The van der Waals surface area contributed by atoms with Gasteiger partial charge in [0.25, 0.3) is 5.56 Å². The number of benzene rings is 2.